The highest BCUT2D eigenvalue weighted by molar-refractivity contribution is 7.15. The van der Waals surface area contributed by atoms with Crippen molar-refractivity contribution < 1.29 is 4.74 Å². The van der Waals surface area contributed by atoms with E-state index in [-0.39, 0.29) is 0 Å². The molecule has 3 heterocycles. The summed E-state index contributed by atoms with van der Waals surface area (Å²) in [6.07, 6.45) is 6.01. The average Bonchev–Trinajstić information content (AvgIpc) is 3.16. The van der Waals surface area contributed by atoms with Gasteiger partial charge in [0.2, 0.25) is 0 Å². The molecule has 2 saturated heterocycles. The zero-order chi connectivity index (χ0) is 15.6. The highest BCUT2D eigenvalue weighted by Crippen LogP contribution is 2.29. The minimum atomic E-state index is 0.688. The Balaban J connectivity index is 1.45. The summed E-state index contributed by atoms with van der Waals surface area (Å²) in [5.41, 5.74) is 1.14. The van der Waals surface area contributed by atoms with Gasteiger partial charge in [-0.15, -0.1) is 11.3 Å². The van der Waals surface area contributed by atoms with Crippen molar-refractivity contribution in [2.24, 2.45) is 0 Å². The summed E-state index contributed by atoms with van der Waals surface area (Å²) in [7, 11) is 1.70. The lowest BCUT2D eigenvalue weighted by Gasteiger charge is -2.22. The molecule has 2 aliphatic rings. The summed E-state index contributed by atoms with van der Waals surface area (Å²) in [6.45, 7) is 3.38. The summed E-state index contributed by atoms with van der Waals surface area (Å²) in [5, 5.41) is 4.82. The summed E-state index contributed by atoms with van der Waals surface area (Å²) < 4.78 is 5.31. The first-order chi connectivity index (χ1) is 11.3. The normalized spacial score (nSPS) is 24.6. The predicted molar refractivity (Wildman–Crippen MR) is 93.9 cm³/mol. The molecule has 0 saturated carbocycles. The van der Waals surface area contributed by atoms with Gasteiger partial charge in [-0.25, -0.2) is 4.98 Å². The van der Waals surface area contributed by atoms with Crippen LogP contribution in [0.4, 0.5) is 0 Å². The van der Waals surface area contributed by atoms with Gasteiger partial charge in [-0.1, -0.05) is 12.1 Å². The maximum Gasteiger partial charge on any atom is 0.123 e. The first-order valence-electron chi connectivity index (χ1n) is 8.38. The Hall–Kier alpha value is -1.43. The lowest BCUT2D eigenvalue weighted by atomic mass is 10.1. The van der Waals surface area contributed by atoms with Crippen molar-refractivity contribution in [3.8, 4) is 16.3 Å². The summed E-state index contributed by atoms with van der Waals surface area (Å²) in [4.78, 5) is 8.55. The van der Waals surface area contributed by atoms with E-state index in [1.807, 2.05) is 18.3 Å². The van der Waals surface area contributed by atoms with Gasteiger partial charge in [-0.05, 0) is 31.4 Å². The van der Waals surface area contributed by atoms with Gasteiger partial charge in [0.05, 0.1) is 7.11 Å². The van der Waals surface area contributed by atoms with Gasteiger partial charge in [0.25, 0.3) is 0 Å². The van der Waals surface area contributed by atoms with E-state index in [0.29, 0.717) is 6.04 Å². The van der Waals surface area contributed by atoms with Crippen LogP contribution in [0.2, 0.25) is 0 Å². The van der Waals surface area contributed by atoms with Crippen molar-refractivity contribution in [2.75, 3.05) is 20.2 Å². The van der Waals surface area contributed by atoms with E-state index in [4.69, 9.17) is 4.74 Å². The molecule has 4 nitrogen and oxygen atoms in total. The van der Waals surface area contributed by atoms with Crippen LogP contribution in [0.3, 0.4) is 0 Å². The number of nitrogens with one attached hydrogen (secondary N) is 1. The minimum Gasteiger partial charge on any atom is -0.497 e. The Morgan fingerprint density at radius 1 is 1.30 bits per heavy atom. The number of hydrogen-bond acceptors (Lipinski definition) is 5. The van der Waals surface area contributed by atoms with E-state index in [2.05, 4.69) is 27.3 Å². The summed E-state index contributed by atoms with van der Waals surface area (Å²) in [6, 6.07) is 9.58. The maximum atomic E-state index is 5.31. The predicted octanol–water partition coefficient (Wildman–Crippen LogP) is 3.15. The molecule has 0 aliphatic carbocycles. The third kappa shape index (κ3) is 3.42. The summed E-state index contributed by atoms with van der Waals surface area (Å²) in [5.74, 6) is 0.883. The number of thiazole rings is 1. The van der Waals surface area contributed by atoms with Gasteiger partial charge >= 0.3 is 0 Å². The van der Waals surface area contributed by atoms with Crippen molar-refractivity contribution in [1.29, 1.82) is 0 Å². The Morgan fingerprint density at radius 3 is 3.13 bits per heavy atom. The van der Waals surface area contributed by atoms with Crippen LogP contribution in [0.15, 0.2) is 30.5 Å². The quantitative estimate of drug-likeness (QED) is 0.935. The van der Waals surface area contributed by atoms with E-state index in [0.717, 1.165) is 28.9 Å². The largest absolute Gasteiger partial charge is 0.497 e. The molecule has 2 fully saturated rings. The molecule has 2 aliphatic heterocycles. The Bertz CT molecular complexity index is 672. The Labute approximate surface area is 141 Å². The standard InChI is InChI=1S/C18H23N3OS/c1-22-16-4-2-3-13(9-16)18-19-10-17(23-18)12-21-8-7-14-5-6-15(11-21)20-14/h2-4,9-10,14-15,20H,5-8,11-12H2,1H3/t14-,15+/m0/s1. The molecule has 2 atom stereocenters. The SMILES string of the molecule is COc1cccc(-c2ncc(CN3CC[C@@H]4CC[C@H](C3)N4)s2)c1. The highest BCUT2D eigenvalue weighted by Gasteiger charge is 2.29. The lowest BCUT2D eigenvalue weighted by Crippen LogP contribution is -2.34. The molecule has 0 spiro atoms. The zero-order valence-corrected chi connectivity index (χ0v) is 14.3. The first kappa shape index (κ1) is 15.1. The number of rotatable bonds is 4. The number of methoxy groups -OCH3 is 1. The molecule has 0 amide bonds. The first-order valence-corrected chi connectivity index (χ1v) is 9.19. The van der Waals surface area contributed by atoms with Crippen LogP contribution in [-0.2, 0) is 6.54 Å². The highest BCUT2D eigenvalue weighted by atomic mass is 32.1. The van der Waals surface area contributed by atoms with Crippen LogP contribution in [0.5, 0.6) is 5.75 Å². The van der Waals surface area contributed by atoms with Gasteiger partial charge in [-0.3, -0.25) is 4.90 Å². The maximum absolute atomic E-state index is 5.31. The average molecular weight is 329 g/mol. The van der Waals surface area contributed by atoms with Crippen LogP contribution in [0, 0.1) is 0 Å². The fourth-order valence-corrected chi connectivity index (χ4v) is 4.60. The van der Waals surface area contributed by atoms with E-state index in [1.54, 1.807) is 18.4 Å². The third-order valence-corrected chi connectivity index (χ3v) is 5.89. The van der Waals surface area contributed by atoms with Crippen LogP contribution >= 0.6 is 11.3 Å². The number of hydrogen-bond donors (Lipinski definition) is 1. The van der Waals surface area contributed by atoms with Gasteiger partial charge in [0.15, 0.2) is 0 Å². The molecule has 0 unspecified atom stereocenters. The van der Waals surface area contributed by atoms with E-state index < -0.39 is 0 Å². The molecule has 5 heteroatoms. The van der Waals surface area contributed by atoms with Crippen LogP contribution in [0.25, 0.3) is 10.6 Å². The minimum absolute atomic E-state index is 0.688. The molecular weight excluding hydrogens is 306 g/mol. The summed E-state index contributed by atoms with van der Waals surface area (Å²) >= 11 is 1.80. The third-order valence-electron chi connectivity index (χ3n) is 4.86. The molecule has 122 valence electrons. The van der Waals surface area contributed by atoms with Crippen molar-refractivity contribution >= 4 is 11.3 Å². The topological polar surface area (TPSA) is 37.4 Å². The van der Waals surface area contributed by atoms with Crippen LogP contribution in [0.1, 0.15) is 24.1 Å². The molecule has 1 aromatic heterocycles. The molecule has 4 rings (SSSR count). The number of nitrogens with zero attached hydrogens (tertiary/aromatic N) is 2. The van der Waals surface area contributed by atoms with Gasteiger partial charge in [-0.2, -0.15) is 0 Å². The number of benzene rings is 1. The molecule has 1 N–H and O–H groups in total. The van der Waals surface area contributed by atoms with E-state index >= 15 is 0 Å². The van der Waals surface area contributed by atoms with Crippen molar-refractivity contribution in [2.45, 2.75) is 37.9 Å². The zero-order valence-electron chi connectivity index (χ0n) is 13.5. The van der Waals surface area contributed by atoms with Gasteiger partial charge in [0.1, 0.15) is 10.8 Å². The molecular formula is C18H23N3OS. The van der Waals surface area contributed by atoms with E-state index in [9.17, 15) is 0 Å². The number of fused-ring (bicyclic) bond motifs is 2. The molecule has 1 aromatic carbocycles. The smallest absolute Gasteiger partial charge is 0.123 e. The Morgan fingerprint density at radius 2 is 2.22 bits per heavy atom. The fourth-order valence-electron chi connectivity index (χ4n) is 3.65. The molecule has 23 heavy (non-hydrogen) atoms. The van der Waals surface area contributed by atoms with E-state index in [1.165, 1.54) is 37.2 Å². The second-order valence-corrected chi connectivity index (χ2v) is 7.64. The lowest BCUT2D eigenvalue weighted by molar-refractivity contribution is 0.253. The Kier molecular flexibility index (Phi) is 4.33. The monoisotopic (exact) mass is 329 g/mol. The number of ether oxygens (including phenoxy) is 1. The molecule has 2 bridgehead atoms. The molecule has 2 aromatic rings. The van der Waals surface area contributed by atoms with Crippen molar-refractivity contribution in [3.63, 3.8) is 0 Å². The van der Waals surface area contributed by atoms with Gasteiger partial charge < -0.3 is 10.1 Å². The number of aromatic nitrogens is 1. The number of likely N-dealkylation sites (tertiary alicyclic amines) is 1. The molecule has 0 radical (unpaired) electrons. The van der Waals surface area contributed by atoms with Crippen molar-refractivity contribution in [3.05, 3.63) is 35.3 Å². The van der Waals surface area contributed by atoms with Crippen LogP contribution < -0.4 is 10.1 Å². The fraction of sp³-hybridized carbons (Fsp3) is 0.500. The van der Waals surface area contributed by atoms with Crippen molar-refractivity contribution in [1.82, 2.24) is 15.2 Å². The second-order valence-electron chi connectivity index (χ2n) is 6.53. The second kappa shape index (κ2) is 6.59. The van der Waals surface area contributed by atoms with Gasteiger partial charge in [0, 0.05) is 48.4 Å². The van der Waals surface area contributed by atoms with Crippen LogP contribution in [-0.4, -0.2) is 42.2 Å².